The number of rotatable bonds is 8. The Kier molecular flexibility index (Phi) is 6.78. The van der Waals surface area contributed by atoms with Crippen LogP contribution in [0.1, 0.15) is 105 Å². The molecule has 3 saturated carbocycles. The van der Waals surface area contributed by atoms with Crippen LogP contribution < -0.4 is 0 Å². The molecular formula is C29H38F3N3O2. The van der Waals surface area contributed by atoms with Gasteiger partial charge in [-0.3, -0.25) is 4.79 Å². The van der Waals surface area contributed by atoms with E-state index in [4.69, 9.17) is 0 Å². The zero-order valence-corrected chi connectivity index (χ0v) is 22.2. The first kappa shape index (κ1) is 26.4. The molecule has 3 atom stereocenters. The molecule has 0 spiro atoms. The van der Waals surface area contributed by atoms with Gasteiger partial charge in [0, 0.05) is 30.2 Å². The van der Waals surface area contributed by atoms with Crippen molar-refractivity contribution in [3.8, 4) is 0 Å². The van der Waals surface area contributed by atoms with Crippen LogP contribution in [0.5, 0.6) is 0 Å². The number of benzene rings is 1. The molecule has 1 heterocycles. The monoisotopic (exact) mass is 517 g/mol. The van der Waals surface area contributed by atoms with Crippen LogP contribution in [-0.2, 0) is 11.2 Å². The molecule has 3 fully saturated rings. The number of hydrogen-bond donors (Lipinski definition) is 1. The van der Waals surface area contributed by atoms with E-state index in [1.54, 1.807) is 0 Å². The van der Waals surface area contributed by atoms with Gasteiger partial charge in [0.25, 0.3) is 0 Å². The largest absolute Gasteiger partial charge is 0.417 e. The maximum Gasteiger partial charge on any atom is 0.417 e. The summed E-state index contributed by atoms with van der Waals surface area (Å²) in [6, 6.07) is 5.94. The fourth-order valence-electron chi connectivity index (χ4n) is 6.66. The lowest BCUT2D eigenvalue weighted by atomic mass is 9.71. The van der Waals surface area contributed by atoms with Crippen LogP contribution in [0, 0.1) is 31.6 Å². The first-order valence-corrected chi connectivity index (χ1v) is 13.7. The number of carbonyl (C=O) groups is 1. The van der Waals surface area contributed by atoms with Gasteiger partial charge in [-0.05, 0) is 81.8 Å². The van der Waals surface area contributed by atoms with Crippen molar-refractivity contribution in [1.82, 2.24) is 14.8 Å². The van der Waals surface area contributed by atoms with E-state index >= 15 is 0 Å². The number of hydrogen-bond acceptors (Lipinski definition) is 4. The van der Waals surface area contributed by atoms with Crippen LogP contribution in [-0.4, -0.2) is 37.4 Å². The maximum atomic E-state index is 14.0. The van der Waals surface area contributed by atoms with Gasteiger partial charge in [0.05, 0.1) is 0 Å². The van der Waals surface area contributed by atoms with Crippen molar-refractivity contribution in [2.24, 2.45) is 17.8 Å². The molecule has 5 rings (SSSR count). The van der Waals surface area contributed by atoms with Crippen molar-refractivity contribution >= 4 is 5.78 Å². The van der Waals surface area contributed by atoms with Crippen LogP contribution in [0.15, 0.2) is 18.2 Å². The molecule has 1 N–H and O–H groups in total. The highest BCUT2D eigenvalue weighted by Crippen LogP contribution is 2.54. The van der Waals surface area contributed by atoms with Gasteiger partial charge in [0.15, 0.2) is 5.60 Å². The van der Waals surface area contributed by atoms with Crippen molar-refractivity contribution in [3.05, 3.63) is 46.5 Å². The van der Waals surface area contributed by atoms with E-state index in [-0.39, 0.29) is 24.2 Å². The average molecular weight is 518 g/mol. The smallest absolute Gasteiger partial charge is 0.380 e. The second-order valence-electron chi connectivity index (χ2n) is 12.4. The Morgan fingerprint density at radius 2 is 1.81 bits per heavy atom. The summed E-state index contributed by atoms with van der Waals surface area (Å²) in [5, 5.41) is 19.7. The van der Waals surface area contributed by atoms with Gasteiger partial charge < -0.3 is 9.67 Å². The number of halogens is 3. The van der Waals surface area contributed by atoms with Crippen LogP contribution in [0.2, 0.25) is 0 Å². The lowest BCUT2D eigenvalue weighted by molar-refractivity contribution is -0.258. The van der Waals surface area contributed by atoms with Crippen LogP contribution in [0.4, 0.5) is 13.2 Å². The molecule has 1 aromatic carbocycles. The molecule has 202 valence electrons. The van der Waals surface area contributed by atoms with Crippen molar-refractivity contribution < 1.29 is 23.1 Å². The predicted molar refractivity (Wildman–Crippen MR) is 134 cm³/mol. The molecule has 3 aliphatic carbocycles. The highest BCUT2D eigenvalue weighted by Gasteiger charge is 2.62. The third-order valence-electron chi connectivity index (χ3n) is 8.80. The minimum atomic E-state index is -4.81. The molecular weight excluding hydrogens is 479 g/mol. The lowest BCUT2D eigenvalue weighted by Gasteiger charge is -2.36. The predicted octanol–water partition coefficient (Wildman–Crippen LogP) is 6.37. The Labute approximate surface area is 216 Å². The molecule has 5 nitrogen and oxygen atoms in total. The number of nitrogens with zero attached hydrogens (tertiary/aromatic N) is 3. The minimum Gasteiger partial charge on any atom is -0.380 e. The Hall–Kier alpha value is -2.22. The number of Topliss-reactive ketones (excluding diaryl/α,β-unsaturated/α-hetero) is 1. The molecule has 0 radical (unpaired) electrons. The van der Waals surface area contributed by atoms with E-state index in [0.29, 0.717) is 17.7 Å². The summed E-state index contributed by atoms with van der Waals surface area (Å²) in [5.74, 6) is 0.819. The number of aliphatic hydroxyl groups is 1. The molecule has 37 heavy (non-hydrogen) atoms. The van der Waals surface area contributed by atoms with E-state index in [2.05, 4.69) is 28.6 Å². The highest BCUT2D eigenvalue weighted by molar-refractivity contribution is 5.85. The second-order valence-corrected chi connectivity index (χ2v) is 12.4. The average Bonchev–Trinajstić information content (AvgIpc) is 3.41. The SMILES string of the molecule is Cc1ccc(CC(=O)[C@H]2CC(O)(C(F)(F)F)C[C@@H]2c2nnc(C3CC(CC(C)C)C3)n2C2CC2)c(C)c1. The van der Waals surface area contributed by atoms with Gasteiger partial charge >= 0.3 is 6.18 Å². The summed E-state index contributed by atoms with van der Waals surface area (Å²) in [4.78, 5) is 13.6. The second kappa shape index (κ2) is 9.51. The van der Waals surface area contributed by atoms with Crippen LogP contribution >= 0.6 is 0 Å². The Morgan fingerprint density at radius 3 is 2.41 bits per heavy atom. The fraction of sp³-hybridized carbons (Fsp3) is 0.690. The highest BCUT2D eigenvalue weighted by atomic mass is 19.4. The first-order valence-electron chi connectivity index (χ1n) is 13.7. The summed E-state index contributed by atoms with van der Waals surface area (Å²) in [5.41, 5.74) is -0.0830. The number of alkyl halides is 3. The van der Waals surface area contributed by atoms with E-state index in [0.717, 1.165) is 54.6 Å². The molecule has 0 aliphatic heterocycles. The number of carbonyl (C=O) groups excluding carboxylic acids is 1. The molecule has 1 unspecified atom stereocenters. The summed E-state index contributed by atoms with van der Waals surface area (Å²) in [7, 11) is 0. The third kappa shape index (κ3) is 5.10. The molecule has 1 aromatic heterocycles. The van der Waals surface area contributed by atoms with Gasteiger partial charge in [-0.2, -0.15) is 13.2 Å². The van der Waals surface area contributed by atoms with E-state index < -0.39 is 36.5 Å². The first-order chi connectivity index (χ1) is 17.4. The molecule has 8 heteroatoms. The van der Waals surface area contributed by atoms with Crippen molar-refractivity contribution in [2.45, 2.75) is 109 Å². The third-order valence-corrected chi connectivity index (χ3v) is 8.80. The van der Waals surface area contributed by atoms with Crippen molar-refractivity contribution in [1.29, 1.82) is 0 Å². The van der Waals surface area contributed by atoms with Gasteiger partial charge in [-0.25, -0.2) is 0 Å². The zero-order chi connectivity index (χ0) is 26.7. The van der Waals surface area contributed by atoms with E-state index in [1.807, 2.05) is 32.0 Å². The number of aryl methyl sites for hydroxylation is 2. The summed E-state index contributed by atoms with van der Waals surface area (Å²) in [6.07, 6.45) is -0.851. The molecule has 2 aromatic rings. The fourth-order valence-corrected chi connectivity index (χ4v) is 6.66. The molecule has 3 aliphatic rings. The standard InChI is InChI=1S/C29H38F3N3O2/c1-16(2)9-19-11-21(12-19)26-33-34-27(35(26)22-7-8-22)24-15-28(37,29(30,31)32)14-23(24)25(36)13-20-6-5-17(3)10-18(20)4/h5-6,10,16,19,21-24,37H,7-9,11-15H2,1-4H3/t19?,21?,23-,24-,28?/m0/s1. The number of ketones is 1. The zero-order valence-electron chi connectivity index (χ0n) is 22.2. The Morgan fingerprint density at radius 1 is 1.14 bits per heavy atom. The Bertz CT molecular complexity index is 1160. The molecule has 0 bridgehead atoms. The summed E-state index contributed by atoms with van der Waals surface area (Å²) in [6.45, 7) is 8.31. The van der Waals surface area contributed by atoms with Gasteiger partial charge in [0.2, 0.25) is 0 Å². The number of aromatic nitrogens is 3. The van der Waals surface area contributed by atoms with Crippen molar-refractivity contribution in [3.63, 3.8) is 0 Å². The topological polar surface area (TPSA) is 68.0 Å². The normalized spacial score (nSPS) is 30.1. The minimum absolute atomic E-state index is 0.0468. The van der Waals surface area contributed by atoms with Crippen LogP contribution in [0.3, 0.4) is 0 Å². The van der Waals surface area contributed by atoms with Gasteiger partial charge in [-0.15, -0.1) is 10.2 Å². The maximum absolute atomic E-state index is 14.0. The molecule has 0 amide bonds. The van der Waals surface area contributed by atoms with Crippen LogP contribution in [0.25, 0.3) is 0 Å². The molecule has 0 saturated heterocycles. The summed E-state index contributed by atoms with van der Waals surface area (Å²) >= 11 is 0. The Balaban J connectivity index is 1.45. The van der Waals surface area contributed by atoms with Crippen molar-refractivity contribution in [2.75, 3.05) is 0 Å². The van der Waals surface area contributed by atoms with Gasteiger partial charge in [0.1, 0.15) is 17.4 Å². The summed E-state index contributed by atoms with van der Waals surface area (Å²) < 4.78 is 44.1. The van der Waals surface area contributed by atoms with E-state index in [9.17, 15) is 23.1 Å². The quantitative estimate of drug-likeness (QED) is 0.442. The van der Waals surface area contributed by atoms with E-state index in [1.165, 1.54) is 0 Å². The lowest BCUT2D eigenvalue weighted by Crippen LogP contribution is -2.43. The van der Waals surface area contributed by atoms with Gasteiger partial charge in [-0.1, -0.05) is 37.6 Å².